The number of thiazole rings is 1. The maximum atomic E-state index is 12.7. The normalized spacial score (nSPS) is 10.9. The fraction of sp³-hybridized carbons (Fsp3) is 0.333. The summed E-state index contributed by atoms with van der Waals surface area (Å²) in [6.45, 7) is 6.45. The van der Waals surface area contributed by atoms with E-state index in [9.17, 15) is 9.59 Å². The van der Waals surface area contributed by atoms with Crippen LogP contribution in [0.3, 0.4) is 0 Å². The van der Waals surface area contributed by atoms with Crippen LogP contribution >= 0.6 is 11.3 Å². The Labute approximate surface area is 173 Å². The van der Waals surface area contributed by atoms with Gasteiger partial charge in [-0.1, -0.05) is 24.3 Å². The van der Waals surface area contributed by atoms with Crippen molar-refractivity contribution in [1.29, 1.82) is 0 Å². The molecule has 8 heteroatoms. The first-order valence-electron chi connectivity index (χ1n) is 9.19. The molecule has 0 bridgehead atoms. The lowest BCUT2D eigenvalue weighted by molar-refractivity contribution is 0.0954. The van der Waals surface area contributed by atoms with Crippen LogP contribution in [-0.4, -0.2) is 27.8 Å². The molecule has 0 atom stereocenters. The molecule has 1 N–H and O–H groups in total. The topological polar surface area (TPSA) is 86.1 Å². The zero-order valence-corrected chi connectivity index (χ0v) is 18.0. The number of hydrogen-bond donors (Lipinski definition) is 1. The van der Waals surface area contributed by atoms with Crippen molar-refractivity contribution in [3.05, 3.63) is 67.6 Å². The Morgan fingerprint density at radius 1 is 1.14 bits per heavy atom. The Hall–Kier alpha value is -2.84. The summed E-state index contributed by atoms with van der Waals surface area (Å²) in [6.07, 6.45) is 0. The molecule has 0 saturated heterocycles. The molecule has 0 unspecified atom stereocenters. The minimum absolute atomic E-state index is 0.201. The van der Waals surface area contributed by atoms with Crippen molar-refractivity contribution in [3.8, 4) is 10.6 Å². The van der Waals surface area contributed by atoms with Crippen molar-refractivity contribution < 1.29 is 9.53 Å². The molecule has 2 aromatic heterocycles. The maximum Gasteiger partial charge on any atom is 0.277 e. The highest BCUT2D eigenvalue weighted by atomic mass is 32.1. The van der Waals surface area contributed by atoms with E-state index in [1.165, 1.54) is 16.0 Å². The van der Waals surface area contributed by atoms with Gasteiger partial charge in [-0.25, -0.2) is 9.67 Å². The minimum Gasteiger partial charge on any atom is -0.380 e. The predicted octanol–water partition coefficient (Wildman–Crippen LogP) is 2.91. The Morgan fingerprint density at radius 3 is 2.45 bits per heavy atom. The quantitative estimate of drug-likeness (QED) is 0.673. The third-order valence-electron chi connectivity index (χ3n) is 4.73. The number of aromatic nitrogens is 3. The standard InChI is InChI=1S/C21H24N4O3S/c1-12-13(2)24-25(4)21(27)17(12)20-23-14(3)18(29-20)19(26)22-10-15-6-8-16(9-7-15)11-28-5/h6-9H,10-11H2,1-5H3,(H,22,26). The van der Waals surface area contributed by atoms with Gasteiger partial charge in [-0.3, -0.25) is 9.59 Å². The summed E-state index contributed by atoms with van der Waals surface area (Å²) in [5.74, 6) is -0.201. The number of aryl methyl sites for hydroxylation is 3. The Kier molecular flexibility index (Phi) is 6.24. The largest absolute Gasteiger partial charge is 0.380 e. The molecule has 2 heterocycles. The van der Waals surface area contributed by atoms with Crippen molar-refractivity contribution >= 4 is 17.2 Å². The predicted molar refractivity (Wildman–Crippen MR) is 113 cm³/mol. The summed E-state index contributed by atoms with van der Waals surface area (Å²) in [4.78, 5) is 30.3. The van der Waals surface area contributed by atoms with Crippen molar-refractivity contribution in [2.75, 3.05) is 7.11 Å². The Bertz CT molecular complexity index is 1100. The first-order valence-corrected chi connectivity index (χ1v) is 10.0. The third kappa shape index (κ3) is 4.44. The lowest BCUT2D eigenvalue weighted by Gasteiger charge is -2.07. The van der Waals surface area contributed by atoms with Crippen LogP contribution in [-0.2, 0) is 24.9 Å². The molecule has 0 spiro atoms. The molecule has 0 saturated carbocycles. The summed E-state index contributed by atoms with van der Waals surface area (Å²) in [6, 6.07) is 7.88. The maximum absolute atomic E-state index is 12.7. The average Bonchev–Trinajstić information content (AvgIpc) is 3.07. The number of amides is 1. The van der Waals surface area contributed by atoms with E-state index < -0.39 is 0 Å². The van der Waals surface area contributed by atoms with Gasteiger partial charge in [0.25, 0.3) is 11.5 Å². The molecule has 0 fully saturated rings. The molecular weight excluding hydrogens is 388 g/mol. The van der Waals surface area contributed by atoms with Crippen LogP contribution in [0.5, 0.6) is 0 Å². The van der Waals surface area contributed by atoms with Gasteiger partial charge in [-0.15, -0.1) is 11.3 Å². The second-order valence-corrected chi connectivity index (χ2v) is 7.88. The van der Waals surface area contributed by atoms with Crippen LogP contribution in [0.2, 0.25) is 0 Å². The van der Waals surface area contributed by atoms with Gasteiger partial charge in [0.2, 0.25) is 0 Å². The summed E-state index contributed by atoms with van der Waals surface area (Å²) < 4.78 is 6.41. The SMILES string of the molecule is COCc1ccc(CNC(=O)c2sc(-c3c(C)c(C)nn(C)c3=O)nc2C)cc1. The van der Waals surface area contributed by atoms with Crippen LogP contribution in [0, 0.1) is 20.8 Å². The number of ether oxygens (including phenoxy) is 1. The van der Waals surface area contributed by atoms with Gasteiger partial charge in [0.15, 0.2) is 0 Å². The number of nitrogens with one attached hydrogen (secondary N) is 1. The van der Waals surface area contributed by atoms with Crippen LogP contribution < -0.4 is 10.9 Å². The van der Waals surface area contributed by atoms with Gasteiger partial charge in [0, 0.05) is 20.7 Å². The first kappa shape index (κ1) is 20.9. The summed E-state index contributed by atoms with van der Waals surface area (Å²) in [7, 11) is 3.27. The second-order valence-electron chi connectivity index (χ2n) is 6.88. The van der Waals surface area contributed by atoms with E-state index in [-0.39, 0.29) is 11.5 Å². The Balaban J connectivity index is 1.80. The molecule has 152 valence electrons. The zero-order chi connectivity index (χ0) is 21.1. The molecule has 3 aromatic rings. The van der Waals surface area contributed by atoms with Crippen molar-refractivity contribution in [2.24, 2.45) is 7.05 Å². The van der Waals surface area contributed by atoms with E-state index in [1.54, 1.807) is 21.1 Å². The number of benzene rings is 1. The van der Waals surface area contributed by atoms with E-state index >= 15 is 0 Å². The number of rotatable bonds is 6. The molecule has 3 rings (SSSR count). The van der Waals surface area contributed by atoms with E-state index in [4.69, 9.17) is 4.74 Å². The van der Waals surface area contributed by atoms with Crippen LogP contribution in [0.1, 0.15) is 37.7 Å². The molecular formula is C21H24N4O3S. The molecule has 1 amide bonds. The molecule has 0 aliphatic carbocycles. The molecule has 0 aliphatic rings. The minimum atomic E-state index is -0.218. The van der Waals surface area contributed by atoms with Gasteiger partial charge < -0.3 is 10.1 Å². The lowest BCUT2D eigenvalue weighted by atomic mass is 10.1. The van der Waals surface area contributed by atoms with E-state index in [1.807, 2.05) is 38.1 Å². The van der Waals surface area contributed by atoms with Gasteiger partial charge in [0.05, 0.1) is 23.6 Å². The summed E-state index contributed by atoms with van der Waals surface area (Å²) >= 11 is 1.23. The zero-order valence-electron chi connectivity index (χ0n) is 17.2. The average molecular weight is 413 g/mol. The molecule has 1 aromatic carbocycles. The van der Waals surface area contributed by atoms with Crippen molar-refractivity contribution in [3.63, 3.8) is 0 Å². The second kappa shape index (κ2) is 8.67. The molecule has 0 radical (unpaired) electrons. The van der Waals surface area contributed by atoms with E-state index in [0.29, 0.717) is 34.3 Å². The number of nitrogens with zero attached hydrogens (tertiary/aromatic N) is 3. The van der Waals surface area contributed by atoms with Crippen LogP contribution in [0.15, 0.2) is 29.1 Å². The van der Waals surface area contributed by atoms with E-state index in [2.05, 4.69) is 15.4 Å². The van der Waals surface area contributed by atoms with Gasteiger partial charge in [-0.05, 0) is 37.5 Å². The highest BCUT2D eigenvalue weighted by Crippen LogP contribution is 2.28. The van der Waals surface area contributed by atoms with Crippen LogP contribution in [0.25, 0.3) is 10.6 Å². The van der Waals surface area contributed by atoms with Crippen molar-refractivity contribution in [1.82, 2.24) is 20.1 Å². The summed E-state index contributed by atoms with van der Waals surface area (Å²) in [5, 5.41) is 7.67. The fourth-order valence-electron chi connectivity index (χ4n) is 3.00. The first-order chi connectivity index (χ1) is 13.8. The smallest absolute Gasteiger partial charge is 0.277 e. The van der Waals surface area contributed by atoms with Gasteiger partial charge >= 0.3 is 0 Å². The molecule has 7 nitrogen and oxygen atoms in total. The van der Waals surface area contributed by atoms with Crippen molar-refractivity contribution in [2.45, 2.75) is 33.9 Å². The number of hydrogen-bond acceptors (Lipinski definition) is 6. The Morgan fingerprint density at radius 2 is 1.79 bits per heavy atom. The van der Waals surface area contributed by atoms with Crippen LogP contribution in [0.4, 0.5) is 0 Å². The van der Waals surface area contributed by atoms with E-state index in [0.717, 1.165) is 22.4 Å². The third-order valence-corrected chi connectivity index (χ3v) is 5.90. The lowest BCUT2D eigenvalue weighted by Crippen LogP contribution is -2.23. The highest BCUT2D eigenvalue weighted by Gasteiger charge is 2.20. The highest BCUT2D eigenvalue weighted by molar-refractivity contribution is 7.17. The number of methoxy groups -OCH3 is 1. The summed E-state index contributed by atoms with van der Waals surface area (Å²) in [5.41, 5.74) is 4.51. The fourth-order valence-corrected chi connectivity index (χ4v) is 4.07. The molecule has 0 aliphatic heterocycles. The van der Waals surface area contributed by atoms with Gasteiger partial charge in [-0.2, -0.15) is 5.10 Å². The number of carbonyl (C=O) groups excluding carboxylic acids is 1. The van der Waals surface area contributed by atoms with Gasteiger partial charge in [0.1, 0.15) is 9.88 Å². The number of carbonyl (C=O) groups is 1. The molecule has 29 heavy (non-hydrogen) atoms. The monoisotopic (exact) mass is 412 g/mol.